The Morgan fingerprint density at radius 1 is 0.774 bits per heavy atom. The van der Waals surface area contributed by atoms with Gasteiger partial charge in [0.05, 0.1) is 0 Å². The van der Waals surface area contributed by atoms with Crippen LogP contribution in [0.15, 0.2) is 30.6 Å². The van der Waals surface area contributed by atoms with Crippen LogP contribution < -0.4 is 10.6 Å². The van der Waals surface area contributed by atoms with Gasteiger partial charge in [0.2, 0.25) is 0 Å². The van der Waals surface area contributed by atoms with E-state index in [9.17, 15) is 0 Å². The molecule has 2 N–H and O–H groups in total. The molecule has 0 saturated carbocycles. The Morgan fingerprint density at radius 3 is 1.52 bits per heavy atom. The van der Waals surface area contributed by atoms with E-state index in [2.05, 4.69) is 70.6 Å². The molecule has 3 rings (SSSR count). The quantitative estimate of drug-likeness (QED) is 0.512. The Hall–Kier alpha value is -2.90. The highest BCUT2D eigenvalue weighted by Crippen LogP contribution is 2.26. The van der Waals surface area contributed by atoms with Gasteiger partial charge in [-0.3, -0.25) is 9.36 Å². The maximum absolute atomic E-state index is 4.60. The number of aryl methyl sites for hydroxylation is 3. The minimum absolute atomic E-state index is 0.342. The molecule has 0 aromatic carbocycles. The van der Waals surface area contributed by atoms with Crippen LogP contribution in [0.5, 0.6) is 0 Å². The average Bonchev–Trinajstić information content (AvgIpc) is 3.30. The standard InChI is InChI=1S/C23H36N8/c1-15(2)18(20-8-10-26-30(20)6)13-24-22-12-23(29-17(5)28-22)25-14-19(16(3)4)21-9-11-27-31(21)7/h8-12,15-16,18-19H,13-14H2,1-7H3,(H2,24,25,28,29). The first-order valence-electron chi connectivity index (χ1n) is 11.1. The molecule has 31 heavy (non-hydrogen) atoms. The predicted octanol–water partition coefficient (Wildman–Crippen LogP) is 3.96. The van der Waals surface area contributed by atoms with Crippen molar-refractivity contribution < 1.29 is 0 Å². The van der Waals surface area contributed by atoms with Crippen molar-refractivity contribution in [2.45, 2.75) is 46.5 Å². The van der Waals surface area contributed by atoms with Crippen molar-refractivity contribution in [2.75, 3.05) is 23.7 Å². The van der Waals surface area contributed by atoms with Crippen LogP contribution in [-0.4, -0.2) is 42.6 Å². The second kappa shape index (κ2) is 9.94. The third kappa shape index (κ3) is 5.62. The monoisotopic (exact) mass is 424 g/mol. The van der Waals surface area contributed by atoms with E-state index in [1.807, 2.05) is 48.8 Å². The van der Waals surface area contributed by atoms with E-state index in [0.717, 1.165) is 30.5 Å². The Morgan fingerprint density at radius 2 is 1.19 bits per heavy atom. The molecule has 8 nitrogen and oxygen atoms in total. The van der Waals surface area contributed by atoms with Gasteiger partial charge in [-0.2, -0.15) is 10.2 Å². The van der Waals surface area contributed by atoms with E-state index in [0.29, 0.717) is 23.7 Å². The van der Waals surface area contributed by atoms with Crippen LogP contribution in [-0.2, 0) is 14.1 Å². The molecular weight excluding hydrogens is 388 g/mol. The van der Waals surface area contributed by atoms with Crippen molar-refractivity contribution in [3.05, 3.63) is 47.8 Å². The van der Waals surface area contributed by atoms with Gasteiger partial charge in [-0.15, -0.1) is 0 Å². The summed E-state index contributed by atoms with van der Waals surface area (Å²) < 4.78 is 3.91. The molecule has 0 aliphatic heterocycles. The molecule has 0 amide bonds. The molecule has 8 heteroatoms. The maximum Gasteiger partial charge on any atom is 0.131 e. The van der Waals surface area contributed by atoms with Crippen LogP contribution in [0.1, 0.15) is 56.7 Å². The number of rotatable bonds is 10. The Bertz CT molecular complexity index is 897. The molecule has 0 aliphatic carbocycles. The van der Waals surface area contributed by atoms with Gasteiger partial charge in [0.1, 0.15) is 17.5 Å². The second-order valence-electron chi connectivity index (χ2n) is 8.91. The minimum atomic E-state index is 0.342. The molecule has 0 spiro atoms. The van der Waals surface area contributed by atoms with Crippen LogP contribution in [0.4, 0.5) is 11.6 Å². The second-order valence-corrected chi connectivity index (χ2v) is 8.91. The minimum Gasteiger partial charge on any atom is -0.369 e. The fraction of sp³-hybridized carbons (Fsp3) is 0.565. The van der Waals surface area contributed by atoms with E-state index in [4.69, 9.17) is 0 Å². The highest BCUT2D eigenvalue weighted by molar-refractivity contribution is 5.48. The molecule has 0 saturated heterocycles. The van der Waals surface area contributed by atoms with Gasteiger partial charge in [-0.25, -0.2) is 9.97 Å². The summed E-state index contributed by atoms with van der Waals surface area (Å²) in [4.78, 5) is 9.19. The van der Waals surface area contributed by atoms with E-state index >= 15 is 0 Å². The molecular formula is C23H36N8. The number of nitrogens with one attached hydrogen (secondary N) is 2. The largest absolute Gasteiger partial charge is 0.369 e. The summed E-state index contributed by atoms with van der Waals surface area (Å²) >= 11 is 0. The lowest BCUT2D eigenvalue weighted by Crippen LogP contribution is -2.22. The predicted molar refractivity (Wildman–Crippen MR) is 125 cm³/mol. The highest BCUT2D eigenvalue weighted by Gasteiger charge is 2.21. The molecule has 3 heterocycles. The lowest BCUT2D eigenvalue weighted by Gasteiger charge is -2.23. The number of hydrogen-bond donors (Lipinski definition) is 2. The topological polar surface area (TPSA) is 85.5 Å². The van der Waals surface area contributed by atoms with Gasteiger partial charge in [0.25, 0.3) is 0 Å². The van der Waals surface area contributed by atoms with Crippen molar-refractivity contribution in [1.29, 1.82) is 0 Å². The fourth-order valence-corrected chi connectivity index (χ4v) is 4.04. The summed E-state index contributed by atoms with van der Waals surface area (Å²) in [5.41, 5.74) is 2.45. The Balaban J connectivity index is 1.70. The van der Waals surface area contributed by atoms with Crippen LogP contribution >= 0.6 is 0 Å². The average molecular weight is 425 g/mol. The molecule has 0 radical (unpaired) electrons. The normalized spacial score (nSPS) is 13.6. The van der Waals surface area contributed by atoms with Crippen molar-refractivity contribution in [3.8, 4) is 0 Å². The summed E-state index contributed by atoms with van der Waals surface area (Å²) in [6, 6.07) is 6.18. The lowest BCUT2D eigenvalue weighted by atomic mass is 9.92. The van der Waals surface area contributed by atoms with Crippen molar-refractivity contribution in [3.63, 3.8) is 0 Å². The van der Waals surface area contributed by atoms with Gasteiger partial charge in [0.15, 0.2) is 0 Å². The zero-order valence-corrected chi connectivity index (χ0v) is 19.8. The lowest BCUT2D eigenvalue weighted by molar-refractivity contribution is 0.482. The maximum atomic E-state index is 4.60. The molecule has 168 valence electrons. The van der Waals surface area contributed by atoms with Gasteiger partial charge < -0.3 is 10.6 Å². The van der Waals surface area contributed by atoms with Gasteiger partial charge in [0, 0.05) is 68.9 Å². The van der Waals surface area contributed by atoms with E-state index in [1.54, 1.807) is 0 Å². The van der Waals surface area contributed by atoms with Gasteiger partial charge >= 0.3 is 0 Å². The number of aromatic nitrogens is 6. The first-order chi connectivity index (χ1) is 14.8. The van der Waals surface area contributed by atoms with Crippen LogP contribution in [0.2, 0.25) is 0 Å². The van der Waals surface area contributed by atoms with Gasteiger partial charge in [-0.05, 0) is 30.9 Å². The molecule has 2 atom stereocenters. The molecule has 0 bridgehead atoms. The Labute approximate surface area is 185 Å². The smallest absolute Gasteiger partial charge is 0.131 e. The summed E-state index contributed by atoms with van der Waals surface area (Å²) in [5, 5.41) is 15.7. The first-order valence-corrected chi connectivity index (χ1v) is 11.1. The van der Waals surface area contributed by atoms with E-state index in [1.165, 1.54) is 11.4 Å². The van der Waals surface area contributed by atoms with Crippen LogP contribution in [0.25, 0.3) is 0 Å². The van der Waals surface area contributed by atoms with Crippen LogP contribution in [0, 0.1) is 18.8 Å². The fourth-order valence-electron chi connectivity index (χ4n) is 4.04. The number of nitrogens with zero attached hydrogens (tertiary/aromatic N) is 6. The number of anilines is 2. The molecule has 3 aromatic heterocycles. The molecule has 0 fully saturated rings. The third-order valence-corrected chi connectivity index (χ3v) is 5.93. The molecule has 2 unspecified atom stereocenters. The van der Waals surface area contributed by atoms with E-state index in [-0.39, 0.29) is 0 Å². The van der Waals surface area contributed by atoms with Crippen molar-refractivity contribution >= 4 is 11.6 Å². The summed E-state index contributed by atoms with van der Waals surface area (Å²) in [5.74, 6) is 4.07. The first kappa shape index (κ1) is 22.8. The number of hydrogen-bond acceptors (Lipinski definition) is 6. The van der Waals surface area contributed by atoms with E-state index < -0.39 is 0 Å². The Kier molecular flexibility index (Phi) is 7.30. The highest BCUT2D eigenvalue weighted by atomic mass is 15.3. The summed E-state index contributed by atoms with van der Waals surface area (Å²) in [7, 11) is 3.99. The zero-order valence-electron chi connectivity index (χ0n) is 19.8. The van der Waals surface area contributed by atoms with Crippen molar-refractivity contribution in [1.82, 2.24) is 29.5 Å². The SMILES string of the molecule is Cc1nc(NCC(c2ccnn2C)C(C)C)cc(NCC(c2ccnn2C)C(C)C)n1. The molecule has 0 aliphatic rings. The van der Waals surface area contributed by atoms with Crippen molar-refractivity contribution in [2.24, 2.45) is 25.9 Å². The third-order valence-electron chi connectivity index (χ3n) is 5.93. The van der Waals surface area contributed by atoms with Gasteiger partial charge in [-0.1, -0.05) is 27.7 Å². The zero-order chi connectivity index (χ0) is 22.5. The summed E-state index contributed by atoms with van der Waals surface area (Å²) in [6.07, 6.45) is 3.71. The molecule has 3 aromatic rings. The summed E-state index contributed by atoms with van der Waals surface area (Å²) in [6.45, 7) is 12.5. The van der Waals surface area contributed by atoms with Crippen LogP contribution in [0.3, 0.4) is 0 Å².